The third-order valence-electron chi connectivity index (χ3n) is 6.11. The lowest BCUT2D eigenvalue weighted by atomic mass is 9.96. The largest absolute Gasteiger partial charge is 0.333 e. The molecule has 0 unspecified atom stereocenters. The number of halogens is 2. The minimum absolute atomic E-state index is 0.0704. The van der Waals surface area contributed by atoms with Crippen LogP contribution in [0.5, 0.6) is 0 Å². The summed E-state index contributed by atoms with van der Waals surface area (Å²) in [6.45, 7) is 1.14. The molecule has 4 aromatic rings. The summed E-state index contributed by atoms with van der Waals surface area (Å²) in [5, 5.41) is 3.54. The van der Waals surface area contributed by atoms with Crippen molar-refractivity contribution in [3.05, 3.63) is 106 Å². The highest BCUT2D eigenvalue weighted by atomic mass is 35.5. The van der Waals surface area contributed by atoms with Crippen molar-refractivity contribution in [2.24, 2.45) is 5.73 Å². The lowest BCUT2D eigenvalue weighted by Crippen LogP contribution is -2.42. The molecule has 0 bridgehead atoms. The van der Waals surface area contributed by atoms with E-state index in [4.69, 9.17) is 28.9 Å². The van der Waals surface area contributed by atoms with Gasteiger partial charge in [-0.25, -0.2) is 0 Å². The Labute approximate surface area is 197 Å². The van der Waals surface area contributed by atoms with Crippen LogP contribution in [0.3, 0.4) is 0 Å². The molecule has 2 N–H and O–H groups in total. The van der Waals surface area contributed by atoms with E-state index in [1.807, 2.05) is 11.0 Å². The fourth-order valence-corrected chi connectivity index (χ4v) is 4.93. The predicted octanol–water partition coefficient (Wildman–Crippen LogP) is 6.23. The van der Waals surface area contributed by atoms with Crippen molar-refractivity contribution in [3.8, 4) is 11.1 Å². The van der Waals surface area contributed by atoms with E-state index >= 15 is 0 Å². The predicted molar refractivity (Wildman–Crippen MR) is 132 cm³/mol. The zero-order chi connectivity index (χ0) is 22.2. The summed E-state index contributed by atoms with van der Waals surface area (Å²) in [5.41, 5.74) is 11.8. The van der Waals surface area contributed by atoms with Gasteiger partial charge in [-0.05, 0) is 63.2 Å². The van der Waals surface area contributed by atoms with Crippen LogP contribution in [-0.4, -0.2) is 16.8 Å². The smallest absolute Gasteiger partial charge is 0.240 e. The number of carbonyl (C=O) groups excluding carboxylic acids is 1. The molecule has 1 atom stereocenters. The van der Waals surface area contributed by atoms with Gasteiger partial charge in [0.05, 0.1) is 6.04 Å². The van der Waals surface area contributed by atoms with Crippen molar-refractivity contribution in [2.75, 3.05) is 0 Å². The second-order valence-corrected chi connectivity index (χ2v) is 9.09. The van der Waals surface area contributed by atoms with Crippen LogP contribution in [0.25, 0.3) is 21.9 Å². The van der Waals surface area contributed by atoms with Crippen molar-refractivity contribution in [1.29, 1.82) is 0 Å². The van der Waals surface area contributed by atoms with Gasteiger partial charge in [-0.15, -0.1) is 0 Å². The van der Waals surface area contributed by atoms with Gasteiger partial charge in [-0.2, -0.15) is 0 Å². The van der Waals surface area contributed by atoms with Gasteiger partial charge in [0.1, 0.15) is 0 Å². The minimum atomic E-state index is -0.652. The second-order valence-electron chi connectivity index (χ2n) is 8.25. The Hall–Kier alpha value is -2.85. The number of carbonyl (C=O) groups is 1. The number of nitrogens with zero attached hydrogens (tertiary/aromatic N) is 1. The summed E-state index contributed by atoms with van der Waals surface area (Å²) in [6.07, 6.45) is 0.378. The van der Waals surface area contributed by atoms with E-state index in [1.165, 1.54) is 27.5 Å². The standard InChI is InChI=1S/C27H22Cl2N2O/c28-22-11-10-19(25(29)14-22)13-26(30)27(32)31-15-20-9-8-18(12-21(20)16-31)24-7-3-5-17-4-1-2-6-23(17)24/h1-12,14,26H,13,15-16,30H2/t26-/m1/s1. The third-order valence-corrected chi connectivity index (χ3v) is 6.70. The van der Waals surface area contributed by atoms with Crippen LogP contribution in [0.2, 0.25) is 10.0 Å². The molecule has 1 aliphatic rings. The molecule has 5 rings (SSSR count). The Morgan fingerprint density at radius 1 is 0.906 bits per heavy atom. The van der Waals surface area contributed by atoms with Crippen LogP contribution in [0.15, 0.2) is 78.9 Å². The van der Waals surface area contributed by atoms with Crippen molar-refractivity contribution < 1.29 is 4.79 Å². The third kappa shape index (κ3) is 4.00. The van der Waals surface area contributed by atoms with Crippen molar-refractivity contribution in [1.82, 2.24) is 4.90 Å². The zero-order valence-corrected chi connectivity index (χ0v) is 18.9. The normalized spacial score (nSPS) is 13.9. The molecule has 0 radical (unpaired) electrons. The topological polar surface area (TPSA) is 46.3 Å². The number of hydrogen-bond acceptors (Lipinski definition) is 2. The molecule has 0 fully saturated rings. The summed E-state index contributed by atoms with van der Waals surface area (Å²) in [7, 11) is 0. The summed E-state index contributed by atoms with van der Waals surface area (Å²) in [4.78, 5) is 14.9. The molecule has 3 nitrogen and oxygen atoms in total. The number of benzene rings is 4. The molecular weight excluding hydrogens is 439 g/mol. The molecule has 1 amide bonds. The van der Waals surface area contributed by atoms with Crippen LogP contribution in [0.4, 0.5) is 0 Å². The fraction of sp³-hybridized carbons (Fsp3) is 0.148. The average molecular weight is 461 g/mol. The Balaban J connectivity index is 1.35. The Morgan fingerprint density at radius 2 is 1.69 bits per heavy atom. The molecule has 5 heteroatoms. The maximum Gasteiger partial charge on any atom is 0.240 e. The SMILES string of the molecule is N[C@H](Cc1ccc(Cl)cc1Cl)C(=O)N1Cc2ccc(-c3cccc4ccccc34)cc2C1. The Kier molecular flexibility index (Phi) is 5.64. The molecule has 0 saturated carbocycles. The van der Waals surface area contributed by atoms with Gasteiger partial charge in [-0.1, -0.05) is 83.9 Å². The number of rotatable bonds is 4. The van der Waals surface area contributed by atoms with E-state index in [0.717, 1.165) is 11.1 Å². The Bertz CT molecular complexity index is 1330. The summed E-state index contributed by atoms with van der Waals surface area (Å²) >= 11 is 12.2. The first kappa shape index (κ1) is 21.0. The first-order chi connectivity index (χ1) is 15.5. The Morgan fingerprint density at radius 3 is 2.53 bits per heavy atom. The van der Waals surface area contributed by atoms with Crippen LogP contribution >= 0.6 is 23.2 Å². The quantitative estimate of drug-likeness (QED) is 0.392. The number of amides is 1. The first-order valence-corrected chi connectivity index (χ1v) is 11.3. The summed E-state index contributed by atoms with van der Waals surface area (Å²) in [6, 6.07) is 25.8. The number of fused-ring (bicyclic) bond motifs is 2. The molecule has 0 aliphatic carbocycles. The van der Waals surface area contributed by atoms with Gasteiger partial charge in [0.25, 0.3) is 0 Å². The lowest BCUT2D eigenvalue weighted by Gasteiger charge is -2.20. The van der Waals surface area contributed by atoms with Crippen molar-refractivity contribution in [2.45, 2.75) is 25.6 Å². The van der Waals surface area contributed by atoms with Gasteiger partial charge in [0, 0.05) is 23.1 Å². The fourth-order valence-electron chi connectivity index (χ4n) is 4.44. The maximum absolute atomic E-state index is 13.1. The highest BCUT2D eigenvalue weighted by Gasteiger charge is 2.28. The molecular formula is C27H22Cl2N2O. The van der Waals surface area contributed by atoms with E-state index in [9.17, 15) is 4.79 Å². The van der Waals surface area contributed by atoms with Crippen molar-refractivity contribution in [3.63, 3.8) is 0 Å². The van der Waals surface area contributed by atoms with Gasteiger partial charge >= 0.3 is 0 Å². The first-order valence-electron chi connectivity index (χ1n) is 10.6. The molecule has 1 aliphatic heterocycles. The highest BCUT2D eigenvalue weighted by molar-refractivity contribution is 6.35. The monoisotopic (exact) mass is 460 g/mol. The molecule has 4 aromatic carbocycles. The summed E-state index contributed by atoms with van der Waals surface area (Å²) in [5.74, 6) is -0.0704. The van der Waals surface area contributed by atoms with E-state index in [1.54, 1.807) is 12.1 Å². The summed E-state index contributed by atoms with van der Waals surface area (Å²) < 4.78 is 0. The average Bonchev–Trinajstić information content (AvgIpc) is 3.23. The second kappa shape index (κ2) is 8.59. The van der Waals surface area contributed by atoms with Crippen LogP contribution in [0, 0.1) is 0 Å². The van der Waals surface area contributed by atoms with Gasteiger partial charge in [-0.3, -0.25) is 4.79 Å². The van der Waals surface area contributed by atoms with Gasteiger partial charge in [0.15, 0.2) is 0 Å². The van der Waals surface area contributed by atoms with Gasteiger partial charge < -0.3 is 10.6 Å². The van der Waals surface area contributed by atoms with Crippen LogP contribution < -0.4 is 5.73 Å². The maximum atomic E-state index is 13.1. The van der Waals surface area contributed by atoms with E-state index in [0.29, 0.717) is 29.6 Å². The highest BCUT2D eigenvalue weighted by Crippen LogP contribution is 2.33. The van der Waals surface area contributed by atoms with Crippen LogP contribution in [-0.2, 0) is 24.3 Å². The number of hydrogen-bond donors (Lipinski definition) is 1. The molecule has 0 saturated heterocycles. The zero-order valence-electron chi connectivity index (χ0n) is 17.4. The molecule has 32 heavy (non-hydrogen) atoms. The van der Waals surface area contributed by atoms with Crippen molar-refractivity contribution >= 4 is 39.9 Å². The minimum Gasteiger partial charge on any atom is -0.333 e. The van der Waals surface area contributed by atoms with Crippen LogP contribution in [0.1, 0.15) is 16.7 Å². The van der Waals surface area contributed by atoms with E-state index < -0.39 is 6.04 Å². The number of nitrogens with two attached hydrogens (primary N) is 1. The van der Waals surface area contributed by atoms with E-state index in [-0.39, 0.29) is 5.91 Å². The molecule has 0 spiro atoms. The lowest BCUT2D eigenvalue weighted by molar-refractivity contribution is -0.133. The van der Waals surface area contributed by atoms with E-state index in [2.05, 4.69) is 60.7 Å². The van der Waals surface area contributed by atoms with Gasteiger partial charge in [0.2, 0.25) is 5.91 Å². The molecule has 1 heterocycles. The molecule has 0 aromatic heterocycles. The molecule has 160 valence electrons.